The molecule has 0 radical (unpaired) electrons. The third-order valence-electron chi connectivity index (χ3n) is 5.10. The topological polar surface area (TPSA) is 86.7 Å². The Labute approximate surface area is 140 Å². The monoisotopic (exact) mass is 330 g/mol. The zero-order valence-electron chi connectivity index (χ0n) is 13.7. The summed E-state index contributed by atoms with van der Waals surface area (Å²) < 4.78 is 0. The number of carboxylic acids is 1. The van der Waals surface area contributed by atoms with Gasteiger partial charge in [0.05, 0.1) is 0 Å². The highest BCUT2D eigenvalue weighted by molar-refractivity contribution is 6.03. The first-order valence-electron chi connectivity index (χ1n) is 8.38. The van der Waals surface area contributed by atoms with Crippen LogP contribution in [0.5, 0.6) is 0 Å². The molecule has 24 heavy (non-hydrogen) atoms. The number of carbonyl (C=O) groups is 3. The number of amides is 2. The Kier molecular flexibility index (Phi) is 4.30. The third kappa shape index (κ3) is 2.77. The van der Waals surface area contributed by atoms with Crippen LogP contribution in [0, 0.1) is 0 Å². The molecule has 6 heteroatoms. The summed E-state index contributed by atoms with van der Waals surface area (Å²) >= 11 is 0. The zero-order valence-corrected chi connectivity index (χ0v) is 13.7. The van der Waals surface area contributed by atoms with Crippen molar-refractivity contribution in [1.29, 1.82) is 0 Å². The van der Waals surface area contributed by atoms with Gasteiger partial charge >= 0.3 is 5.97 Å². The van der Waals surface area contributed by atoms with Crippen molar-refractivity contribution >= 4 is 23.5 Å². The third-order valence-corrected chi connectivity index (χ3v) is 5.10. The van der Waals surface area contributed by atoms with E-state index in [1.165, 1.54) is 11.8 Å². The Morgan fingerprint density at radius 2 is 1.83 bits per heavy atom. The SMILES string of the molecule is CC(=O)N1c2ccccc2C[C@H]1C(=O)NC1(C(=O)O)CCCCC1. The predicted molar refractivity (Wildman–Crippen MR) is 88.7 cm³/mol. The summed E-state index contributed by atoms with van der Waals surface area (Å²) in [6.07, 6.45) is 3.85. The van der Waals surface area contributed by atoms with Crippen LogP contribution in [-0.4, -0.2) is 34.5 Å². The number of rotatable bonds is 3. The van der Waals surface area contributed by atoms with E-state index in [9.17, 15) is 19.5 Å². The highest BCUT2D eigenvalue weighted by atomic mass is 16.4. The lowest BCUT2D eigenvalue weighted by atomic mass is 9.81. The van der Waals surface area contributed by atoms with Gasteiger partial charge in [0.2, 0.25) is 11.8 Å². The fraction of sp³-hybridized carbons (Fsp3) is 0.500. The smallest absolute Gasteiger partial charge is 0.329 e. The lowest BCUT2D eigenvalue weighted by Gasteiger charge is -2.35. The zero-order chi connectivity index (χ0) is 17.3. The number of benzene rings is 1. The summed E-state index contributed by atoms with van der Waals surface area (Å²) in [5, 5.41) is 12.4. The molecule has 1 fully saturated rings. The van der Waals surface area contributed by atoms with Gasteiger partial charge in [0.15, 0.2) is 0 Å². The number of hydrogen-bond acceptors (Lipinski definition) is 3. The maximum absolute atomic E-state index is 12.8. The number of anilines is 1. The van der Waals surface area contributed by atoms with Gasteiger partial charge in [-0.3, -0.25) is 14.5 Å². The molecule has 2 aliphatic rings. The Balaban J connectivity index is 1.84. The summed E-state index contributed by atoms with van der Waals surface area (Å²) in [6, 6.07) is 6.73. The number of hydrogen-bond donors (Lipinski definition) is 2. The van der Waals surface area contributed by atoms with Crippen molar-refractivity contribution in [2.75, 3.05) is 4.90 Å². The standard InChI is InChI=1S/C18H22N2O4/c1-12(21)20-14-8-4-3-7-13(14)11-15(20)16(22)19-18(17(23)24)9-5-2-6-10-18/h3-4,7-8,15H,2,5-6,9-11H2,1H3,(H,19,22)(H,23,24)/t15-/m0/s1. The van der Waals surface area contributed by atoms with E-state index in [1.807, 2.05) is 24.3 Å². The van der Waals surface area contributed by atoms with Crippen molar-refractivity contribution in [3.8, 4) is 0 Å². The number of nitrogens with zero attached hydrogens (tertiary/aromatic N) is 1. The summed E-state index contributed by atoms with van der Waals surface area (Å²) in [5.74, 6) is -1.58. The quantitative estimate of drug-likeness (QED) is 0.886. The van der Waals surface area contributed by atoms with E-state index < -0.39 is 17.6 Å². The molecule has 0 aromatic heterocycles. The molecule has 2 N–H and O–H groups in total. The van der Waals surface area contributed by atoms with E-state index in [1.54, 1.807) is 0 Å². The molecule has 0 unspecified atom stereocenters. The molecule has 128 valence electrons. The van der Waals surface area contributed by atoms with E-state index in [2.05, 4.69) is 5.32 Å². The van der Waals surface area contributed by atoms with Gasteiger partial charge in [-0.15, -0.1) is 0 Å². The molecule has 1 atom stereocenters. The van der Waals surface area contributed by atoms with Gasteiger partial charge in [0.1, 0.15) is 11.6 Å². The van der Waals surface area contributed by atoms with E-state index in [-0.39, 0.29) is 11.8 Å². The molecule has 0 bridgehead atoms. The second-order valence-corrected chi connectivity index (χ2v) is 6.67. The Bertz CT molecular complexity index is 679. The molecule has 0 spiro atoms. The van der Waals surface area contributed by atoms with Crippen molar-refractivity contribution in [2.24, 2.45) is 0 Å². The van der Waals surface area contributed by atoms with Crippen LogP contribution in [0.2, 0.25) is 0 Å². The van der Waals surface area contributed by atoms with Crippen LogP contribution >= 0.6 is 0 Å². The molecule has 2 amide bonds. The second kappa shape index (κ2) is 6.26. The van der Waals surface area contributed by atoms with Gasteiger partial charge < -0.3 is 10.4 Å². The summed E-state index contributed by atoms with van der Waals surface area (Å²) in [4.78, 5) is 38.1. The first-order chi connectivity index (χ1) is 11.4. The van der Waals surface area contributed by atoms with Crippen molar-refractivity contribution < 1.29 is 19.5 Å². The predicted octanol–water partition coefficient (Wildman–Crippen LogP) is 1.87. The lowest BCUT2D eigenvalue weighted by Crippen LogP contribution is -2.60. The number of carboxylic acid groups (broad SMARTS) is 1. The lowest BCUT2D eigenvalue weighted by molar-refractivity contribution is -0.149. The summed E-state index contributed by atoms with van der Waals surface area (Å²) in [6.45, 7) is 1.43. The number of fused-ring (bicyclic) bond motifs is 1. The number of para-hydroxylation sites is 1. The molecule has 1 heterocycles. The van der Waals surface area contributed by atoms with Crippen LogP contribution in [0.15, 0.2) is 24.3 Å². The average molecular weight is 330 g/mol. The van der Waals surface area contributed by atoms with Crippen molar-refractivity contribution in [2.45, 2.75) is 57.0 Å². The van der Waals surface area contributed by atoms with Gasteiger partial charge in [0, 0.05) is 19.0 Å². The number of aliphatic carboxylic acids is 1. The van der Waals surface area contributed by atoms with E-state index >= 15 is 0 Å². The fourth-order valence-electron chi connectivity index (χ4n) is 3.85. The Morgan fingerprint density at radius 1 is 1.17 bits per heavy atom. The highest BCUT2D eigenvalue weighted by Crippen LogP contribution is 2.34. The molecular formula is C18H22N2O4. The van der Waals surface area contributed by atoms with Crippen molar-refractivity contribution in [3.63, 3.8) is 0 Å². The summed E-state index contributed by atoms with van der Waals surface area (Å²) in [7, 11) is 0. The fourth-order valence-corrected chi connectivity index (χ4v) is 3.85. The van der Waals surface area contributed by atoms with E-state index in [0.29, 0.717) is 19.3 Å². The molecule has 1 aromatic rings. The first kappa shape index (κ1) is 16.5. The minimum absolute atomic E-state index is 0.215. The minimum atomic E-state index is -1.20. The first-order valence-corrected chi connectivity index (χ1v) is 8.38. The van der Waals surface area contributed by atoms with Crippen LogP contribution in [0.1, 0.15) is 44.6 Å². The maximum atomic E-state index is 12.8. The van der Waals surface area contributed by atoms with Crippen molar-refractivity contribution in [1.82, 2.24) is 5.32 Å². The second-order valence-electron chi connectivity index (χ2n) is 6.67. The molecule has 0 saturated heterocycles. The molecule has 1 aliphatic carbocycles. The maximum Gasteiger partial charge on any atom is 0.329 e. The molecule has 6 nitrogen and oxygen atoms in total. The van der Waals surface area contributed by atoms with Crippen LogP contribution in [0.4, 0.5) is 5.69 Å². The number of nitrogens with one attached hydrogen (secondary N) is 1. The van der Waals surface area contributed by atoms with Crippen molar-refractivity contribution in [3.05, 3.63) is 29.8 Å². The molecule has 3 rings (SSSR count). The van der Waals surface area contributed by atoms with Crippen LogP contribution < -0.4 is 10.2 Å². The number of carbonyl (C=O) groups excluding carboxylic acids is 2. The molecule has 1 saturated carbocycles. The Morgan fingerprint density at radius 3 is 2.46 bits per heavy atom. The van der Waals surface area contributed by atoms with Gasteiger partial charge in [-0.25, -0.2) is 4.79 Å². The van der Waals surface area contributed by atoms with Crippen LogP contribution in [0.25, 0.3) is 0 Å². The molecular weight excluding hydrogens is 308 g/mol. The minimum Gasteiger partial charge on any atom is -0.480 e. The van der Waals surface area contributed by atoms with Gasteiger partial charge in [0.25, 0.3) is 0 Å². The summed E-state index contributed by atoms with van der Waals surface area (Å²) in [5.41, 5.74) is 0.464. The highest BCUT2D eigenvalue weighted by Gasteiger charge is 2.45. The van der Waals surface area contributed by atoms with Gasteiger partial charge in [-0.05, 0) is 24.5 Å². The van der Waals surface area contributed by atoms with Crippen LogP contribution in [0.3, 0.4) is 0 Å². The van der Waals surface area contributed by atoms with E-state index in [4.69, 9.17) is 0 Å². The molecule has 1 aliphatic heterocycles. The van der Waals surface area contributed by atoms with Crippen LogP contribution in [-0.2, 0) is 20.8 Å². The van der Waals surface area contributed by atoms with Gasteiger partial charge in [-0.1, -0.05) is 37.5 Å². The average Bonchev–Trinajstić information content (AvgIpc) is 2.95. The Hall–Kier alpha value is -2.37. The van der Waals surface area contributed by atoms with E-state index in [0.717, 1.165) is 30.5 Å². The largest absolute Gasteiger partial charge is 0.480 e. The normalized spacial score (nSPS) is 21.9. The van der Waals surface area contributed by atoms with Gasteiger partial charge in [-0.2, -0.15) is 0 Å². The molecule has 1 aromatic carbocycles.